The van der Waals surface area contributed by atoms with Gasteiger partial charge in [0.25, 0.3) is 0 Å². The molecule has 106 valence electrons. The molecule has 0 fully saturated rings. The fraction of sp³-hybridized carbons (Fsp3) is 0.417. The standard InChI is InChI=1S/C12H13F4NO2/c1-17(5-4-12(14,15)16)7-9-3-2-8(11(18)19)6-10(9)13/h2-3,6H,4-5,7H2,1H3,(H,18,19). The van der Waals surface area contributed by atoms with E-state index in [0.717, 1.165) is 6.07 Å². The first-order chi connectivity index (χ1) is 8.69. The van der Waals surface area contributed by atoms with Crippen LogP contribution < -0.4 is 0 Å². The summed E-state index contributed by atoms with van der Waals surface area (Å²) >= 11 is 0. The molecule has 1 aromatic carbocycles. The molecule has 0 radical (unpaired) electrons. The highest BCUT2D eigenvalue weighted by atomic mass is 19.4. The van der Waals surface area contributed by atoms with E-state index in [1.54, 1.807) is 0 Å². The number of halogens is 4. The van der Waals surface area contributed by atoms with Gasteiger partial charge in [0.05, 0.1) is 12.0 Å². The lowest BCUT2D eigenvalue weighted by Gasteiger charge is -2.18. The Morgan fingerprint density at radius 3 is 2.47 bits per heavy atom. The van der Waals surface area contributed by atoms with Crippen molar-refractivity contribution in [1.82, 2.24) is 4.90 Å². The molecule has 0 spiro atoms. The number of hydrogen-bond acceptors (Lipinski definition) is 2. The second kappa shape index (κ2) is 6.01. The zero-order valence-electron chi connectivity index (χ0n) is 10.2. The summed E-state index contributed by atoms with van der Waals surface area (Å²) in [4.78, 5) is 11.9. The van der Waals surface area contributed by atoms with Crippen molar-refractivity contribution >= 4 is 5.97 Å². The Labute approximate surface area is 107 Å². The number of carboxylic acid groups (broad SMARTS) is 1. The molecule has 0 saturated heterocycles. The third-order valence-corrected chi connectivity index (χ3v) is 2.52. The predicted octanol–water partition coefficient (Wildman–Crippen LogP) is 2.91. The monoisotopic (exact) mass is 279 g/mol. The van der Waals surface area contributed by atoms with Crippen LogP contribution in [-0.2, 0) is 6.54 Å². The number of carbonyl (C=O) groups is 1. The summed E-state index contributed by atoms with van der Waals surface area (Å²) in [7, 11) is 1.44. The van der Waals surface area contributed by atoms with Gasteiger partial charge in [-0.3, -0.25) is 0 Å². The lowest BCUT2D eigenvalue weighted by Crippen LogP contribution is -2.24. The summed E-state index contributed by atoms with van der Waals surface area (Å²) in [5.41, 5.74) is -0.0335. The van der Waals surface area contributed by atoms with Gasteiger partial charge in [0.15, 0.2) is 0 Å². The number of carboxylic acids is 1. The molecule has 1 aromatic rings. The van der Waals surface area contributed by atoms with E-state index in [0.29, 0.717) is 0 Å². The van der Waals surface area contributed by atoms with Crippen LogP contribution in [0.4, 0.5) is 17.6 Å². The number of nitrogens with zero attached hydrogens (tertiary/aromatic N) is 1. The van der Waals surface area contributed by atoms with Crippen molar-refractivity contribution in [3.63, 3.8) is 0 Å². The van der Waals surface area contributed by atoms with E-state index >= 15 is 0 Å². The number of benzene rings is 1. The average Bonchev–Trinajstić information content (AvgIpc) is 2.28. The van der Waals surface area contributed by atoms with Crippen LogP contribution in [0, 0.1) is 5.82 Å². The lowest BCUT2D eigenvalue weighted by molar-refractivity contribution is -0.137. The van der Waals surface area contributed by atoms with E-state index < -0.39 is 24.4 Å². The summed E-state index contributed by atoms with van der Waals surface area (Å²) in [6.45, 7) is -0.258. The molecular formula is C12H13F4NO2. The van der Waals surface area contributed by atoms with Crippen LogP contribution in [0.1, 0.15) is 22.3 Å². The van der Waals surface area contributed by atoms with Crippen molar-refractivity contribution in [1.29, 1.82) is 0 Å². The van der Waals surface area contributed by atoms with E-state index in [1.807, 2.05) is 0 Å². The molecule has 7 heteroatoms. The topological polar surface area (TPSA) is 40.5 Å². The molecule has 19 heavy (non-hydrogen) atoms. The zero-order chi connectivity index (χ0) is 14.6. The minimum Gasteiger partial charge on any atom is -0.478 e. The van der Waals surface area contributed by atoms with E-state index in [1.165, 1.54) is 24.1 Å². The molecule has 0 aliphatic rings. The number of rotatable bonds is 5. The van der Waals surface area contributed by atoms with Gasteiger partial charge >= 0.3 is 12.1 Å². The summed E-state index contributed by atoms with van der Waals surface area (Å²) in [6.07, 6.45) is -5.22. The molecule has 0 aliphatic carbocycles. The Morgan fingerprint density at radius 2 is 2.00 bits per heavy atom. The van der Waals surface area contributed by atoms with Crippen molar-refractivity contribution in [2.24, 2.45) is 0 Å². The number of alkyl halides is 3. The quantitative estimate of drug-likeness (QED) is 0.842. The maximum Gasteiger partial charge on any atom is 0.390 e. The summed E-state index contributed by atoms with van der Waals surface area (Å²) in [5, 5.41) is 8.65. The fourth-order valence-corrected chi connectivity index (χ4v) is 1.50. The van der Waals surface area contributed by atoms with Crippen LogP contribution >= 0.6 is 0 Å². The first-order valence-electron chi connectivity index (χ1n) is 5.46. The van der Waals surface area contributed by atoms with Gasteiger partial charge in [-0.25, -0.2) is 9.18 Å². The van der Waals surface area contributed by atoms with E-state index in [2.05, 4.69) is 0 Å². The predicted molar refractivity (Wildman–Crippen MR) is 60.4 cm³/mol. The van der Waals surface area contributed by atoms with Gasteiger partial charge in [0.2, 0.25) is 0 Å². The van der Waals surface area contributed by atoms with Crippen molar-refractivity contribution in [3.05, 3.63) is 35.1 Å². The minimum atomic E-state index is -4.25. The third kappa shape index (κ3) is 5.25. The van der Waals surface area contributed by atoms with Crippen LogP contribution in [0.3, 0.4) is 0 Å². The van der Waals surface area contributed by atoms with Crippen LogP contribution in [0.25, 0.3) is 0 Å². The van der Waals surface area contributed by atoms with Crippen LogP contribution in [0.15, 0.2) is 18.2 Å². The molecule has 0 aromatic heterocycles. The first-order valence-corrected chi connectivity index (χ1v) is 5.46. The second-order valence-electron chi connectivity index (χ2n) is 4.21. The number of hydrogen-bond donors (Lipinski definition) is 1. The van der Waals surface area contributed by atoms with Gasteiger partial charge in [-0.15, -0.1) is 0 Å². The molecular weight excluding hydrogens is 266 g/mol. The van der Waals surface area contributed by atoms with Crippen molar-refractivity contribution in [2.75, 3.05) is 13.6 Å². The number of aromatic carboxylic acids is 1. The Balaban J connectivity index is 2.64. The maximum absolute atomic E-state index is 13.5. The van der Waals surface area contributed by atoms with Crippen LogP contribution in [0.5, 0.6) is 0 Å². The van der Waals surface area contributed by atoms with E-state index in [-0.39, 0.29) is 24.2 Å². The van der Waals surface area contributed by atoms with Gasteiger partial charge in [0, 0.05) is 18.7 Å². The highest BCUT2D eigenvalue weighted by molar-refractivity contribution is 5.87. The Bertz CT molecular complexity index is 460. The summed E-state index contributed by atoms with van der Waals surface area (Å²) in [5.74, 6) is -1.99. The molecule has 0 aliphatic heterocycles. The summed E-state index contributed by atoms with van der Waals surface area (Å²) < 4.78 is 49.6. The van der Waals surface area contributed by atoms with E-state index in [4.69, 9.17) is 5.11 Å². The van der Waals surface area contributed by atoms with Gasteiger partial charge in [-0.05, 0) is 19.2 Å². The molecule has 0 heterocycles. The average molecular weight is 279 g/mol. The van der Waals surface area contributed by atoms with Crippen LogP contribution in [0.2, 0.25) is 0 Å². The van der Waals surface area contributed by atoms with Gasteiger partial charge < -0.3 is 10.0 Å². The molecule has 0 bridgehead atoms. The molecule has 0 saturated carbocycles. The Morgan fingerprint density at radius 1 is 1.37 bits per heavy atom. The largest absolute Gasteiger partial charge is 0.478 e. The maximum atomic E-state index is 13.5. The minimum absolute atomic E-state index is 0.0121. The van der Waals surface area contributed by atoms with Gasteiger partial charge in [-0.1, -0.05) is 6.07 Å². The Kier molecular flexibility index (Phi) is 4.88. The molecule has 1 rings (SSSR count). The first kappa shape index (κ1) is 15.4. The molecule has 0 amide bonds. The van der Waals surface area contributed by atoms with Crippen molar-refractivity contribution in [3.8, 4) is 0 Å². The van der Waals surface area contributed by atoms with Gasteiger partial charge in [-0.2, -0.15) is 13.2 Å². The Hall–Kier alpha value is -1.63. The zero-order valence-corrected chi connectivity index (χ0v) is 10.2. The third-order valence-electron chi connectivity index (χ3n) is 2.52. The van der Waals surface area contributed by atoms with Crippen molar-refractivity contribution in [2.45, 2.75) is 19.1 Å². The highest BCUT2D eigenvalue weighted by Crippen LogP contribution is 2.20. The SMILES string of the molecule is CN(CCC(F)(F)F)Cc1ccc(C(=O)O)cc1F. The fourth-order valence-electron chi connectivity index (χ4n) is 1.50. The van der Waals surface area contributed by atoms with Crippen molar-refractivity contribution < 1.29 is 27.5 Å². The molecule has 1 N–H and O–H groups in total. The lowest BCUT2D eigenvalue weighted by atomic mass is 10.1. The smallest absolute Gasteiger partial charge is 0.390 e. The highest BCUT2D eigenvalue weighted by Gasteiger charge is 2.27. The normalized spacial score (nSPS) is 11.9. The molecule has 0 unspecified atom stereocenters. The van der Waals surface area contributed by atoms with Crippen LogP contribution in [-0.4, -0.2) is 35.7 Å². The molecule has 0 atom stereocenters. The second-order valence-corrected chi connectivity index (χ2v) is 4.21. The summed E-state index contributed by atoms with van der Waals surface area (Å²) in [6, 6.07) is 3.34. The van der Waals surface area contributed by atoms with Gasteiger partial charge in [0.1, 0.15) is 5.82 Å². The molecule has 3 nitrogen and oxygen atoms in total. The van der Waals surface area contributed by atoms with E-state index in [9.17, 15) is 22.4 Å².